The second-order valence-corrected chi connectivity index (χ2v) is 11.0. The molecule has 0 aromatic heterocycles. The van der Waals surface area contributed by atoms with Crippen molar-refractivity contribution in [1.82, 2.24) is 4.31 Å². The van der Waals surface area contributed by atoms with Crippen LogP contribution in [0.25, 0.3) is 17.2 Å². The third-order valence-electron chi connectivity index (χ3n) is 7.23. The number of piperidine rings is 1. The highest BCUT2D eigenvalue weighted by molar-refractivity contribution is 7.89. The number of hydrogen-bond donors (Lipinski definition) is 0. The maximum atomic E-state index is 13.4. The molecule has 0 bridgehead atoms. The lowest BCUT2D eigenvalue weighted by molar-refractivity contribution is -0.122. The lowest BCUT2D eigenvalue weighted by Gasteiger charge is -2.47. The zero-order chi connectivity index (χ0) is 23.9. The predicted octanol–water partition coefficient (Wildman–Crippen LogP) is 5.39. The number of aryl methyl sites for hydroxylation is 1. The minimum absolute atomic E-state index is 0.0183. The van der Waals surface area contributed by atoms with Crippen LogP contribution in [0, 0.1) is 12.8 Å². The van der Waals surface area contributed by atoms with Crippen LogP contribution in [-0.2, 0) is 20.2 Å². The van der Waals surface area contributed by atoms with E-state index in [2.05, 4.69) is 30.8 Å². The lowest BCUT2D eigenvalue weighted by atomic mass is 9.60. The van der Waals surface area contributed by atoms with Crippen LogP contribution in [0.4, 0.5) is 0 Å². The Balaban J connectivity index is 1.52. The largest absolute Gasteiger partial charge is 0.294 e. The van der Waals surface area contributed by atoms with Crippen LogP contribution in [-0.4, -0.2) is 31.6 Å². The van der Waals surface area contributed by atoms with E-state index in [1.807, 2.05) is 37.3 Å². The van der Waals surface area contributed by atoms with Gasteiger partial charge in [0, 0.05) is 19.0 Å². The molecular formula is C29H27NO3S. The third-order valence-corrected chi connectivity index (χ3v) is 9.10. The van der Waals surface area contributed by atoms with Gasteiger partial charge >= 0.3 is 0 Å². The van der Waals surface area contributed by atoms with Crippen LogP contribution in [0.5, 0.6) is 0 Å². The van der Waals surface area contributed by atoms with Crippen molar-refractivity contribution in [3.8, 4) is 11.1 Å². The van der Waals surface area contributed by atoms with E-state index in [9.17, 15) is 13.2 Å². The Kier molecular flexibility index (Phi) is 5.62. The highest BCUT2D eigenvalue weighted by atomic mass is 32.2. The third kappa shape index (κ3) is 3.56. The number of carbonyl (C=O) groups is 1. The summed E-state index contributed by atoms with van der Waals surface area (Å²) in [6, 6.07) is 23.2. The smallest absolute Gasteiger partial charge is 0.243 e. The topological polar surface area (TPSA) is 54.5 Å². The summed E-state index contributed by atoms with van der Waals surface area (Å²) in [6.45, 7) is 6.44. The SMILES string of the molecule is C=CC1CN(S(=O)(=O)c2ccc(C)cc2)CCC12C(=O)C=Cc1cc(-c3ccccc3)ccc12. The Morgan fingerprint density at radius 1 is 0.971 bits per heavy atom. The van der Waals surface area contributed by atoms with Gasteiger partial charge in [0.15, 0.2) is 5.78 Å². The van der Waals surface area contributed by atoms with Gasteiger partial charge in [-0.1, -0.05) is 72.3 Å². The zero-order valence-corrected chi connectivity index (χ0v) is 20.0. The van der Waals surface area contributed by atoms with Crippen molar-refractivity contribution in [2.24, 2.45) is 5.92 Å². The molecule has 1 heterocycles. The van der Waals surface area contributed by atoms with Gasteiger partial charge in [0.2, 0.25) is 10.0 Å². The Bertz CT molecular complexity index is 1390. The van der Waals surface area contributed by atoms with Crippen molar-refractivity contribution in [3.63, 3.8) is 0 Å². The van der Waals surface area contributed by atoms with Gasteiger partial charge in [-0.15, -0.1) is 6.58 Å². The molecule has 1 spiro atoms. The molecule has 1 saturated heterocycles. The minimum Gasteiger partial charge on any atom is -0.294 e. The molecule has 34 heavy (non-hydrogen) atoms. The monoisotopic (exact) mass is 469 g/mol. The van der Waals surface area contributed by atoms with Crippen molar-refractivity contribution < 1.29 is 13.2 Å². The van der Waals surface area contributed by atoms with Gasteiger partial charge < -0.3 is 0 Å². The van der Waals surface area contributed by atoms with E-state index in [0.717, 1.165) is 27.8 Å². The molecule has 2 aliphatic rings. The fourth-order valence-corrected chi connectivity index (χ4v) is 6.78. The van der Waals surface area contributed by atoms with E-state index < -0.39 is 15.4 Å². The Morgan fingerprint density at radius 2 is 1.71 bits per heavy atom. The number of nitrogens with zero attached hydrogens (tertiary/aromatic N) is 1. The second kappa shape index (κ2) is 8.49. The Labute approximate surface area is 201 Å². The first-order valence-electron chi connectivity index (χ1n) is 11.5. The van der Waals surface area contributed by atoms with Gasteiger partial charge in [-0.3, -0.25) is 4.79 Å². The molecule has 0 radical (unpaired) electrons. The van der Waals surface area contributed by atoms with Crippen LogP contribution in [0.2, 0.25) is 0 Å². The summed E-state index contributed by atoms with van der Waals surface area (Å²) < 4.78 is 28.2. The first kappa shape index (κ1) is 22.5. The first-order valence-corrected chi connectivity index (χ1v) is 12.9. The first-order chi connectivity index (χ1) is 16.4. The van der Waals surface area contributed by atoms with Crippen molar-refractivity contribution in [1.29, 1.82) is 0 Å². The molecule has 1 aliphatic carbocycles. The summed E-state index contributed by atoms with van der Waals surface area (Å²) in [4.78, 5) is 13.7. The molecule has 0 saturated carbocycles. The molecule has 0 N–H and O–H groups in total. The van der Waals surface area contributed by atoms with Gasteiger partial charge in [0.25, 0.3) is 0 Å². The molecule has 0 amide bonds. The van der Waals surface area contributed by atoms with Gasteiger partial charge in [-0.2, -0.15) is 4.31 Å². The number of hydrogen-bond acceptors (Lipinski definition) is 3. The average molecular weight is 470 g/mol. The van der Waals surface area contributed by atoms with E-state index in [4.69, 9.17) is 0 Å². The summed E-state index contributed by atoms with van der Waals surface area (Å²) in [7, 11) is -3.66. The summed E-state index contributed by atoms with van der Waals surface area (Å²) in [5.41, 5.74) is 4.36. The molecule has 4 nitrogen and oxygen atoms in total. The molecule has 1 fully saturated rings. The number of fused-ring (bicyclic) bond motifs is 2. The van der Waals surface area contributed by atoms with Gasteiger partial charge in [0.1, 0.15) is 0 Å². The quantitative estimate of drug-likeness (QED) is 0.481. The summed E-state index contributed by atoms with van der Waals surface area (Å²) in [5, 5.41) is 0. The maximum absolute atomic E-state index is 13.4. The van der Waals surface area contributed by atoms with Crippen molar-refractivity contribution in [3.05, 3.63) is 108 Å². The number of ketones is 1. The van der Waals surface area contributed by atoms with Gasteiger partial charge in [-0.25, -0.2) is 8.42 Å². The summed E-state index contributed by atoms with van der Waals surface area (Å²) >= 11 is 0. The molecule has 3 aromatic carbocycles. The highest BCUT2D eigenvalue weighted by Crippen LogP contribution is 2.47. The number of allylic oxidation sites excluding steroid dienone is 1. The van der Waals surface area contributed by atoms with Crippen LogP contribution in [0.1, 0.15) is 23.1 Å². The van der Waals surface area contributed by atoms with Crippen molar-refractivity contribution in [2.75, 3.05) is 13.1 Å². The van der Waals surface area contributed by atoms with Crippen molar-refractivity contribution in [2.45, 2.75) is 23.7 Å². The highest BCUT2D eigenvalue weighted by Gasteiger charge is 2.51. The summed E-state index contributed by atoms with van der Waals surface area (Å²) in [6.07, 6.45) is 5.70. The standard InChI is InChI=1S/C29H27NO3S/c1-3-25-20-30(34(32,33)26-13-9-21(2)10-14-26)18-17-29(25)27-15-11-23(22-7-5-4-6-8-22)19-24(27)12-16-28(29)31/h3-16,19,25H,1,17-18,20H2,2H3. The Morgan fingerprint density at radius 3 is 2.41 bits per heavy atom. The maximum Gasteiger partial charge on any atom is 0.243 e. The van der Waals surface area contributed by atoms with Crippen LogP contribution >= 0.6 is 0 Å². The molecule has 3 aromatic rings. The number of rotatable bonds is 4. The van der Waals surface area contributed by atoms with E-state index in [1.54, 1.807) is 36.4 Å². The predicted molar refractivity (Wildman–Crippen MR) is 136 cm³/mol. The number of carbonyl (C=O) groups excluding carboxylic acids is 1. The van der Waals surface area contributed by atoms with E-state index in [0.29, 0.717) is 6.42 Å². The summed E-state index contributed by atoms with van der Waals surface area (Å²) in [5.74, 6) is -0.315. The Hall–Kier alpha value is -3.28. The van der Waals surface area contributed by atoms with E-state index >= 15 is 0 Å². The van der Waals surface area contributed by atoms with E-state index in [-0.39, 0.29) is 29.7 Å². The molecule has 172 valence electrons. The molecular weight excluding hydrogens is 442 g/mol. The average Bonchev–Trinajstić information content (AvgIpc) is 2.87. The van der Waals surface area contributed by atoms with Gasteiger partial charge in [-0.05, 0) is 59.9 Å². The fraction of sp³-hybridized carbons (Fsp3) is 0.207. The number of sulfonamides is 1. The molecule has 2 atom stereocenters. The van der Waals surface area contributed by atoms with Crippen LogP contribution in [0.15, 0.2) is 96.4 Å². The fourth-order valence-electron chi connectivity index (χ4n) is 5.31. The van der Waals surface area contributed by atoms with E-state index in [1.165, 1.54) is 4.31 Å². The molecule has 5 heteroatoms. The van der Waals surface area contributed by atoms with Crippen LogP contribution < -0.4 is 0 Å². The van der Waals surface area contributed by atoms with Gasteiger partial charge in [0.05, 0.1) is 10.3 Å². The second-order valence-electron chi connectivity index (χ2n) is 9.11. The lowest BCUT2D eigenvalue weighted by Crippen LogP contribution is -2.55. The number of benzene rings is 3. The molecule has 2 unspecified atom stereocenters. The minimum atomic E-state index is -3.66. The normalized spacial score (nSPS) is 22.5. The zero-order valence-electron chi connectivity index (χ0n) is 19.1. The molecule has 1 aliphatic heterocycles. The van der Waals surface area contributed by atoms with Crippen LogP contribution in [0.3, 0.4) is 0 Å². The van der Waals surface area contributed by atoms with Crippen molar-refractivity contribution >= 4 is 21.9 Å². The molecule has 5 rings (SSSR count).